The third kappa shape index (κ3) is 2.61. The largest absolute Gasteiger partial charge is 0.493 e. The van der Waals surface area contributed by atoms with Crippen LogP contribution in [0.4, 0.5) is 0 Å². The fourth-order valence-corrected chi connectivity index (χ4v) is 2.61. The van der Waals surface area contributed by atoms with Gasteiger partial charge >= 0.3 is 5.97 Å². The second-order valence-electron chi connectivity index (χ2n) is 4.94. The van der Waals surface area contributed by atoms with Crippen molar-refractivity contribution in [1.29, 1.82) is 0 Å². The Labute approximate surface area is 118 Å². The molecule has 1 aromatic carbocycles. The fraction of sp³-hybridized carbons (Fsp3) is 0.467. The number of fused-ring (bicyclic) bond motifs is 1. The van der Waals surface area contributed by atoms with Gasteiger partial charge in [-0.3, -0.25) is 4.79 Å². The average molecular weight is 277 g/mol. The molecule has 2 rings (SSSR count). The van der Waals surface area contributed by atoms with Crippen molar-refractivity contribution in [1.82, 2.24) is 4.90 Å². The summed E-state index contributed by atoms with van der Waals surface area (Å²) in [6, 6.07) is 6.65. The Morgan fingerprint density at radius 2 is 2.15 bits per heavy atom. The number of carbonyl (C=O) groups excluding carboxylic acids is 1. The lowest BCUT2D eigenvalue weighted by Crippen LogP contribution is -2.44. The van der Waals surface area contributed by atoms with Crippen LogP contribution in [0.15, 0.2) is 24.3 Å². The van der Waals surface area contributed by atoms with Crippen molar-refractivity contribution < 1.29 is 19.4 Å². The number of carbonyl (C=O) groups is 2. The monoisotopic (exact) mass is 277 g/mol. The van der Waals surface area contributed by atoms with Crippen molar-refractivity contribution in [2.24, 2.45) is 0 Å². The third-order valence-electron chi connectivity index (χ3n) is 3.74. The van der Waals surface area contributed by atoms with E-state index in [1.807, 2.05) is 24.3 Å². The molecule has 5 heteroatoms. The van der Waals surface area contributed by atoms with Gasteiger partial charge in [0.1, 0.15) is 11.8 Å². The van der Waals surface area contributed by atoms with Gasteiger partial charge < -0.3 is 14.7 Å². The van der Waals surface area contributed by atoms with Crippen LogP contribution >= 0.6 is 0 Å². The van der Waals surface area contributed by atoms with Crippen LogP contribution in [-0.4, -0.2) is 41.6 Å². The van der Waals surface area contributed by atoms with E-state index in [9.17, 15) is 9.59 Å². The maximum absolute atomic E-state index is 12.6. The molecular weight excluding hydrogens is 258 g/mol. The van der Waals surface area contributed by atoms with Crippen LogP contribution in [0.3, 0.4) is 0 Å². The first-order valence-corrected chi connectivity index (χ1v) is 6.77. The molecule has 0 saturated heterocycles. The summed E-state index contributed by atoms with van der Waals surface area (Å²) in [7, 11) is 1.56. The standard InChI is InChI=1S/C15H19NO4/c1-3-12(15(18)19)16(2)14(17)11-8-9-20-13-7-5-4-6-10(11)13/h4-7,11-12H,3,8-9H2,1-2H3,(H,18,19). The zero-order valence-electron chi connectivity index (χ0n) is 11.7. The van der Waals surface area contributed by atoms with Crippen LogP contribution in [0.5, 0.6) is 5.75 Å². The third-order valence-corrected chi connectivity index (χ3v) is 3.74. The number of nitrogens with zero attached hydrogens (tertiary/aromatic N) is 1. The number of benzene rings is 1. The van der Waals surface area contributed by atoms with Crippen molar-refractivity contribution in [3.05, 3.63) is 29.8 Å². The summed E-state index contributed by atoms with van der Waals surface area (Å²) in [6.45, 7) is 2.24. The van der Waals surface area contributed by atoms with E-state index in [2.05, 4.69) is 0 Å². The molecule has 2 unspecified atom stereocenters. The van der Waals surface area contributed by atoms with Crippen LogP contribution in [0.1, 0.15) is 31.2 Å². The van der Waals surface area contributed by atoms with Gasteiger partial charge in [-0.05, 0) is 18.9 Å². The average Bonchev–Trinajstić information content (AvgIpc) is 2.46. The van der Waals surface area contributed by atoms with E-state index in [0.717, 1.165) is 5.56 Å². The summed E-state index contributed by atoms with van der Waals surface area (Å²) in [5.74, 6) is -0.731. The highest BCUT2D eigenvalue weighted by molar-refractivity contribution is 5.88. The van der Waals surface area contributed by atoms with Gasteiger partial charge in [-0.1, -0.05) is 25.1 Å². The Kier molecular flexibility index (Phi) is 4.27. The van der Waals surface area contributed by atoms with Crippen molar-refractivity contribution in [2.75, 3.05) is 13.7 Å². The van der Waals surface area contributed by atoms with E-state index >= 15 is 0 Å². The number of hydrogen-bond acceptors (Lipinski definition) is 3. The molecule has 108 valence electrons. The van der Waals surface area contributed by atoms with E-state index in [4.69, 9.17) is 9.84 Å². The topological polar surface area (TPSA) is 66.8 Å². The number of ether oxygens (including phenoxy) is 1. The van der Waals surface area contributed by atoms with Gasteiger partial charge in [-0.2, -0.15) is 0 Å². The summed E-state index contributed by atoms with van der Waals surface area (Å²) in [5, 5.41) is 9.17. The minimum absolute atomic E-state index is 0.157. The molecule has 0 fully saturated rings. The van der Waals surface area contributed by atoms with Gasteiger partial charge in [-0.15, -0.1) is 0 Å². The van der Waals surface area contributed by atoms with Crippen LogP contribution in [0.2, 0.25) is 0 Å². The highest BCUT2D eigenvalue weighted by Gasteiger charge is 2.33. The van der Waals surface area contributed by atoms with Crippen LogP contribution in [0, 0.1) is 0 Å². The minimum Gasteiger partial charge on any atom is -0.493 e. The number of carboxylic acids is 1. The molecule has 1 N–H and O–H groups in total. The Morgan fingerprint density at radius 3 is 2.80 bits per heavy atom. The Bertz CT molecular complexity index is 514. The van der Waals surface area contributed by atoms with E-state index in [-0.39, 0.29) is 11.8 Å². The second kappa shape index (κ2) is 5.94. The van der Waals surface area contributed by atoms with E-state index in [0.29, 0.717) is 25.2 Å². The number of para-hydroxylation sites is 1. The van der Waals surface area contributed by atoms with Crippen LogP contribution in [-0.2, 0) is 9.59 Å². The van der Waals surface area contributed by atoms with Gasteiger partial charge in [0, 0.05) is 12.6 Å². The molecule has 1 heterocycles. The van der Waals surface area contributed by atoms with Crippen molar-refractivity contribution in [3.63, 3.8) is 0 Å². The van der Waals surface area contributed by atoms with E-state index in [1.54, 1.807) is 14.0 Å². The summed E-state index contributed by atoms with van der Waals surface area (Å²) in [6.07, 6.45) is 0.971. The van der Waals surface area contributed by atoms with Gasteiger partial charge in [0.15, 0.2) is 0 Å². The molecule has 0 aromatic heterocycles. The van der Waals surface area contributed by atoms with Gasteiger partial charge in [-0.25, -0.2) is 4.79 Å². The Morgan fingerprint density at radius 1 is 1.45 bits per heavy atom. The SMILES string of the molecule is CCC(C(=O)O)N(C)C(=O)C1CCOc2ccccc21. The Hall–Kier alpha value is -2.04. The zero-order valence-corrected chi connectivity index (χ0v) is 11.7. The molecular formula is C15H19NO4. The zero-order chi connectivity index (χ0) is 14.7. The molecule has 1 aromatic rings. The van der Waals surface area contributed by atoms with Crippen molar-refractivity contribution in [3.8, 4) is 5.75 Å². The molecule has 1 amide bonds. The maximum Gasteiger partial charge on any atom is 0.326 e. The molecule has 5 nitrogen and oxygen atoms in total. The summed E-state index contributed by atoms with van der Waals surface area (Å²) < 4.78 is 5.53. The van der Waals surface area contributed by atoms with E-state index < -0.39 is 12.0 Å². The normalized spacial score (nSPS) is 18.6. The summed E-state index contributed by atoms with van der Waals surface area (Å²) in [4.78, 5) is 25.1. The van der Waals surface area contributed by atoms with Gasteiger partial charge in [0.25, 0.3) is 0 Å². The number of carboxylic acid groups (broad SMARTS) is 1. The highest BCUT2D eigenvalue weighted by atomic mass is 16.5. The summed E-state index contributed by atoms with van der Waals surface area (Å²) >= 11 is 0. The molecule has 1 aliphatic rings. The first kappa shape index (κ1) is 14.4. The molecule has 2 atom stereocenters. The number of hydrogen-bond donors (Lipinski definition) is 1. The number of amides is 1. The molecule has 0 spiro atoms. The Balaban J connectivity index is 2.24. The number of rotatable bonds is 4. The molecule has 20 heavy (non-hydrogen) atoms. The number of aliphatic carboxylic acids is 1. The fourth-order valence-electron chi connectivity index (χ4n) is 2.61. The first-order chi connectivity index (χ1) is 9.56. The van der Waals surface area contributed by atoms with E-state index in [1.165, 1.54) is 4.90 Å². The number of likely N-dealkylation sites (N-methyl/N-ethyl adjacent to an activating group) is 1. The lowest BCUT2D eigenvalue weighted by atomic mass is 9.91. The van der Waals surface area contributed by atoms with Gasteiger partial charge in [0.05, 0.1) is 12.5 Å². The molecule has 0 aliphatic carbocycles. The van der Waals surface area contributed by atoms with Gasteiger partial charge in [0.2, 0.25) is 5.91 Å². The predicted molar refractivity (Wildman–Crippen MR) is 73.8 cm³/mol. The van der Waals surface area contributed by atoms with Crippen molar-refractivity contribution >= 4 is 11.9 Å². The molecule has 0 bridgehead atoms. The minimum atomic E-state index is -0.969. The van der Waals surface area contributed by atoms with Crippen LogP contribution < -0.4 is 4.74 Å². The van der Waals surface area contributed by atoms with Crippen molar-refractivity contribution in [2.45, 2.75) is 31.7 Å². The quantitative estimate of drug-likeness (QED) is 0.912. The maximum atomic E-state index is 12.6. The molecule has 1 aliphatic heterocycles. The molecule has 0 radical (unpaired) electrons. The van der Waals surface area contributed by atoms with Crippen LogP contribution in [0.25, 0.3) is 0 Å². The first-order valence-electron chi connectivity index (χ1n) is 6.77. The second-order valence-corrected chi connectivity index (χ2v) is 4.94. The predicted octanol–water partition coefficient (Wildman–Crippen LogP) is 1.87. The summed E-state index contributed by atoms with van der Waals surface area (Å²) in [5.41, 5.74) is 0.843. The lowest BCUT2D eigenvalue weighted by Gasteiger charge is -2.31. The smallest absolute Gasteiger partial charge is 0.326 e. The molecule has 0 saturated carbocycles. The lowest BCUT2D eigenvalue weighted by molar-refractivity contribution is -0.150. The highest BCUT2D eigenvalue weighted by Crippen LogP contribution is 2.34.